The lowest BCUT2D eigenvalue weighted by Crippen LogP contribution is -2.49. The van der Waals surface area contributed by atoms with E-state index in [1.165, 1.54) is 0 Å². The van der Waals surface area contributed by atoms with Crippen molar-refractivity contribution in [2.75, 3.05) is 39.4 Å². The Bertz CT molecular complexity index is 1130. The van der Waals surface area contributed by atoms with Gasteiger partial charge in [0.15, 0.2) is 0 Å². The van der Waals surface area contributed by atoms with Crippen LogP contribution >= 0.6 is 0 Å². The molecule has 2 fully saturated rings. The Morgan fingerprint density at radius 2 is 1.78 bits per heavy atom. The molecule has 5 rings (SSSR count). The average Bonchev–Trinajstić information content (AvgIpc) is 3.19. The highest BCUT2D eigenvalue weighted by Gasteiger charge is 2.32. The fourth-order valence-electron chi connectivity index (χ4n) is 4.82. The minimum Gasteiger partial charge on any atom is -0.378 e. The van der Waals surface area contributed by atoms with Gasteiger partial charge in [-0.2, -0.15) is 0 Å². The van der Waals surface area contributed by atoms with Crippen LogP contribution in [0.5, 0.6) is 0 Å². The van der Waals surface area contributed by atoms with Gasteiger partial charge in [0, 0.05) is 37.4 Å². The Morgan fingerprint density at radius 3 is 2.56 bits per heavy atom. The summed E-state index contributed by atoms with van der Waals surface area (Å²) in [4.78, 5) is 34.6. The lowest BCUT2D eigenvalue weighted by Gasteiger charge is -2.36. The highest BCUT2D eigenvalue weighted by Crippen LogP contribution is 2.25. The van der Waals surface area contributed by atoms with E-state index in [1.807, 2.05) is 65.3 Å². The Balaban J connectivity index is 1.36. The van der Waals surface area contributed by atoms with Crippen LogP contribution in [0.25, 0.3) is 16.7 Å². The summed E-state index contributed by atoms with van der Waals surface area (Å²) in [6, 6.07) is 15.8. The van der Waals surface area contributed by atoms with E-state index in [9.17, 15) is 9.59 Å². The van der Waals surface area contributed by atoms with Gasteiger partial charge in [0.2, 0.25) is 5.91 Å². The largest absolute Gasteiger partial charge is 0.378 e. The molecule has 1 aromatic heterocycles. The second-order valence-corrected chi connectivity index (χ2v) is 8.56. The number of carbonyl (C=O) groups is 2. The molecule has 32 heavy (non-hydrogen) atoms. The van der Waals surface area contributed by atoms with E-state index in [0.29, 0.717) is 45.0 Å². The summed E-state index contributed by atoms with van der Waals surface area (Å²) in [5.74, 6) is 0.871. The molecule has 1 unspecified atom stereocenters. The Hall–Kier alpha value is -3.19. The summed E-state index contributed by atoms with van der Waals surface area (Å²) in [6.07, 6.45) is 1.68. The third-order valence-electron chi connectivity index (χ3n) is 6.46. The number of morpholine rings is 1. The van der Waals surface area contributed by atoms with Crippen LogP contribution in [-0.2, 0) is 9.53 Å². The maximum absolute atomic E-state index is 13.3. The number of imidazole rings is 1. The van der Waals surface area contributed by atoms with E-state index < -0.39 is 0 Å². The molecular weight excluding hydrogens is 404 g/mol. The van der Waals surface area contributed by atoms with Crippen molar-refractivity contribution < 1.29 is 14.3 Å². The molecule has 2 aliphatic rings. The van der Waals surface area contributed by atoms with Gasteiger partial charge in [-0.15, -0.1) is 0 Å². The number of para-hydroxylation sites is 1. The molecule has 0 bridgehead atoms. The van der Waals surface area contributed by atoms with Crippen LogP contribution in [-0.4, -0.2) is 70.6 Å². The van der Waals surface area contributed by atoms with Gasteiger partial charge < -0.3 is 14.5 Å². The number of carbonyl (C=O) groups excluding carboxylic acids is 2. The lowest BCUT2D eigenvalue weighted by atomic mass is 9.95. The number of fused-ring (bicyclic) bond motifs is 1. The molecule has 3 aromatic rings. The highest BCUT2D eigenvalue weighted by molar-refractivity contribution is 5.98. The number of aromatic nitrogens is 2. The normalized spacial score (nSPS) is 19.3. The predicted octanol–water partition coefficient (Wildman–Crippen LogP) is 3.04. The highest BCUT2D eigenvalue weighted by atomic mass is 16.5. The second-order valence-electron chi connectivity index (χ2n) is 8.56. The van der Waals surface area contributed by atoms with Crippen molar-refractivity contribution >= 4 is 22.8 Å². The first-order chi connectivity index (χ1) is 15.6. The number of amides is 2. The third-order valence-corrected chi connectivity index (χ3v) is 6.46. The molecule has 0 N–H and O–H groups in total. The molecule has 0 spiro atoms. The number of ether oxygens (including phenoxy) is 1. The first-order valence-corrected chi connectivity index (χ1v) is 11.3. The molecule has 2 saturated heterocycles. The molecule has 1 atom stereocenters. The number of hydrogen-bond acceptors (Lipinski definition) is 4. The topological polar surface area (TPSA) is 67.7 Å². The van der Waals surface area contributed by atoms with Gasteiger partial charge in [0.25, 0.3) is 5.91 Å². The molecule has 0 radical (unpaired) electrons. The van der Waals surface area contributed by atoms with Crippen molar-refractivity contribution in [1.82, 2.24) is 19.4 Å². The predicted molar refractivity (Wildman–Crippen MR) is 122 cm³/mol. The van der Waals surface area contributed by atoms with Crippen molar-refractivity contribution in [3.05, 3.63) is 59.9 Å². The number of rotatable bonds is 3. The average molecular weight is 433 g/mol. The molecule has 2 aliphatic heterocycles. The summed E-state index contributed by atoms with van der Waals surface area (Å²) in [5, 5.41) is 0. The Morgan fingerprint density at radius 1 is 1.00 bits per heavy atom. The minimum atomic E-state index is -0.130. The molecule has 2 amide bonds. The van der Waals surface area contributed by atoms with Crippen LogP contribution in [0.4, 0.5) is 0 Å². The van der Waals surface area contributed by atoms with Gasteiger partial charge >= 0.3 is 0 Å². The standard InChI is InChI=1S/C25H28N4O3/c1-18-26-22-16-19(9-10-23(22)29(18)21-7-3-2-4-8-21)24(30)28-11-5-6-20(17-28)25(31)27-12-14-32-15-13-27/h2-4,7-10,16,20H,5-6,11-15,17H2,1H3. The van der Waals surface area contributed by atoms with Crippen molar-refractivity contribution in [2.45, 2.75) is 19.8 Å². The minimum absolute atomic E-state index is 0.0294. The second kappa shape index (κ2) is 8.74. The zero-order valence-corrected chi connectivity index (χ0v) is 18.4. The summed E-state index contributed by atoms with van der Waals surface area (Å²) in [6.45, 7) is 5.60. The number of likely N-dealkylation sites (tertiary alicyclic amines) is 1. The van der Waals surface area contributed by atoms with Gasteiger partial charge in [-0.3, -0.25) is 14.2 Å². The van der Waals surface area contributed by atoms with Crippen molar-refractivity contribution in [3.8, 4) is 5.69 Å². The summed E-state index contributed by atoms with van der Waals surface area (Å²) < 4.78 is 7.46. The fraction of sp³-hybridized carbons (Fsp3) is 0.400. The van der Waals surface area contributed by atoms with Crippen LogP contribution in [0.2, 0.25) is 0 Å². The molecular formula is C25H28N4O3. The molecule has 0 aliphatic carbocycles. The molecule has 3 heterocycles. The summed E-state index contributed by atoms with van der Waals surface area (Å²) in [7, 11) is 0. The van der Waals surface area contributed by atoms with Crippen molar-refractivity contribution in [3.63, 3.8) is 0 Å². The Labute approximate surface area is 187 Å². The maximum Gasteiger partial charge on any atom is 0.253 e. The van der Waals surface area contributed by atoms with Gasteiger partial charge in [0.1, 0.15) is 5.82 Å². The number of benzene rings is 2. The molecule has 0 saturated carbocycles. The number of nitrogens with zero attached hydrogens (tertiary/aromatic N) is 4. The monoisotopic (exact) mass is 432 g/mol. The van der Waals surface area contributed by atoms with Crippen LogP contribution < -0.4 is 0 Å². The van der Waals surface area contributed by atoms with Crippen LogP contribution in [0, 0.1) is 12.8 Å². The smallest absolute Gasteiger partial charge is 0.253 e. The van der Waals surface area contributed by atoms with E-state index in [0.717, 1.165) is 35.4 Å². The zero-order valence-electron chi connectivity index (χ0n) is 18.4. The first kappa shape index (κ1) is 20.7. The van der Waals surface area contributed by atoms with Crippen LogP contribution in [0.3, 0.4) is 0 Å². The molecule has 166 valence electrons. The van der Waals surface area contributed by atoms with E-state index in [4.69, 9.17) is 9.72 Å². The van der Waals surface area contributed by atoms with Gasteiger partial charge in [-0.1, -0.05) is 18.2 Å². The quantitative estimate of drug-likeness (QED) is 0.638. The molecule has 7 heteroatoms. The van der Waals surface area contributed by atoms with Crippen LogP contribution in [0.15, 0.2) is 48.5 Å². The van der Waals surface area contributed by atoms with Crippen LogP contribution in [0.1, 0.15) is 29.0 Å². The maximum atomic E-state index is 13.3. The summed E-state index contributed by atoms with van der Waals surface area (Å²) >= 11 is 0. The van der Waals surface area contributed by atoms with E-state index in [2.05, 4.69) is 4.57 Å². The van der Waals surface area contributed by atoms with Crippen molar-refractivity contribution in [2.24, 2.45) is 5.92 Å². The number of aryl methyl sites for hydroxylation is 1. The number of hydrogen-bond donors (Lipinski definition) is 0. The lowest BCUT2D eigenvalue weighted by molar-refractivity contribution is -0.141. The summed E-state index contributed by atoms with van der Waals surface area (Å²) in [5.41, 5.74) is 3.45. The fourth-order valence-corrected chi connectivity index (χ4v) is 4.82. The number of piperidine rings is 1. The van der Waals surface area contributed by atoms with E-state index in [1.54, 1.807) is 0 Å². The van der Waals surface area contributed by atoms with Gasteiger partial charge in [-0.05, 0) is 50.1 Å². The zero-order chi connectivity index (χ0) is 22.1. The van der Waals surface area contributed by atoms with Crippen molar-refractivity contribution in [1.29, 1.82) is 0 Å². The van der Waals surface area contributed by atoms with Gasteiger partial charge in [0.05, 0.1) is 30.2 Å². The third kappa shape index (κ3) is 3.88. The first-order valence-electron chi connectivity index (χ1n) is 11.3. The Kier molecular flexibility index (Phi) is 5.66. The van der Waals surface area contributed by atoms with E-state index in [-0.39, 0.29) is 17.7 Å². The SMILES string of the molecule is Cc1nc2cc(C(=O)N3CCCC(C(=O)N4CCOCC4)C3)ccc2n1-c1ccccc1. The molecule has 2 aromatic carbocycles. The van der Waals surface area contributed by atoms with Gasteiger partial charge in [-0.25, -0.2) is 4.98 Å². The van der Waals surface area contributed by atoms with E-state index >= 15 is 0 Å². The molecule has 7 nitrogen and oxygen atoms in total.